The Balaban J connectivity index is 2.08. The first-order chi connectivity index (χ1) is 8.56. The molecule has 0 fully saturated rings. The van der Waals surface area contributed by atoms with Crippen molar-refractivity contribution in [3.63, 3.8) is 0 Å². The molecule has 2 rings (SSSR count). The van der Waals surface area contributed by atoms with Gasteiger partial charge in [-0.1, -0.05) is 11.6 Å². The molecule has 1 atom stereocenters. The number of hydrogen-bond acceptors (Lipinski definition) is 4. The van der Waals surface area contributed by atoms with Gasteiger partial charge in [-0.15, -0.1) is 11.3 Å². The first kappa shape index (κ1) is 12.9. The molecule has 6 heteroatoms. The Bertz CT molecular complexity index is 570. The highest BCUT2D eigenvalue weighted by Gasteiger charge is 2.13. The molecule has 0 saturated carbocycles. The van der Waals surface area contributed by atoms with Crippen LogP contribution in [0.25, 0.3) is 0 Å². The number of thiophene rings is 1. The molecule has 18 heavy (non-hydrogen) atoms. The monoisotopic (exact) mass is 281 g/mol. The lowest BCUT2D eigenvalue weighted by atomic mass is 10.2. The predicted molar refractivity (Wildman–Crippen MR) is 73.9 cm³/mol. The van der Waals surface area contributed by atoms with Crippen molar-refractivity contribution < 1.29 is 4.79 Å². The van der Waals surface area contributed by atoms with Gasteiger partial charge in [-0.2, -0.15) is 0 Å². The van der Waals surface area contributed by atoms with E-state index in [4.69, 9.17) is 17.3 Å². The second-order valence-corrected chi connectivity index (χ2v) is 5.55. The maximum absolute atomic E-state index is 12.0. The van der Waals surface area contributed by atoms with Crippen LogP contribution >= 0.6 is 22.9 Å². The summed E-state index contributed by atoms with van der Waals surface area (Å²) in [6.45, 7) is 1.91. The quantitative estimate of drug-likeness (QED) is 0.909. The number of nitrogens with one attached hydrogen (secondary N) is 1. The Labute approximate surface area is 114 Å². The van der Waals surface area contributed by atoms with Crippen LogP contribution in [0, 0.1) is 0 Å². The molecule has 0 aromatic carbocycles. The third-order valence-corrected chi connectivity index (χ3v) is 3.83. The van der Waals surface area contributed by atoms with Gasteiger partial charge in [-0.3, -0.25) is 4.79 Å². The average Bonchev–Trinajstić information content (AvgIpc) is 2.76. The van der Waals surface area contributed by atoms with E-state index in [2.05, 4.69) is 10.3 Å². The fourth-order valence-corrected chi connectivity index (χ4v) is 2.56. The van der Waals surface area contributed by atoms with Gasteiger partial charge in [0.15, 0.2) is 0 Å². The van der Waals surface area contributed by atoms with E-state index in [9.17, 15) is 4.79 Å². The van der Waals surface area contributed by atoms with E-state index in [1.807, 2.05) is 19.1 Å². The first-order valence-corrected chi connectivity index (χ1v) is 6.53. The van der Waals surface area contributed by atoms with Gasteiger partial charge in [0, 0.05) is 16.6 Å². The van der Waals surface area contributed by atoms with Gasteiger partial charge < -0.3 is 11.1 Å². The minimum Gasteiger partial charge on any atom is -0.384 e. The number of nitrogens with two attached hydrogens (primary N) is 1. The number of halogens is 1. The molecule has 0 spiro atoms. The molecule has 0 bridgehead atoms. The molecule has 3 N–H and O–H groups in total. The summed E-state index contributed by atoms with van der Waals surface area (Å²) < 4.78 is 0.708. The maximum Gasteiger partial charge on any atom is 0.251 e. The van der Waals surface area contributed by atoms with Crippen LogP contribution in [0.15, 0.2) is 30.5 Å². The van der Waals surface area contributed by atoms with Crippen LogP contribution in [0.3, 0.4) is 0 Å². The standard InChI is InChI=1S/C12H12ClN3OS/c1-7(9-2-3-10(13)18-9)16-12(17)8-4-5-15-11(14)6-8/h2-7H,1H3,(H2,14,15)(H,16,17). The zero-order chi connectivity index (χ0) is 13.1. The maximum atomic E-state index is 12.0. The number of carbonyl (C=O) groups excluding carboxylic acids is 1. The number of hydrogen-bond donors (Lipinski definition) is 2. The third kappa shape index (κ3) is 3.00. The van der Waals surface area contributed by atoms with E-state index < -0.39 is 0 Å². The molecular weight excluding hydrogens is 270 g/mol. The number of nitrogen functional groups attached to an aromatic ring is 1. The summed E-state index contributed by atoms with van der Waals surface area (Å²) in [5, 5.41) is 2.88. The summed E-state index contributed by atoms with van der Waals surface area (Å²) in [6.07, 6.45) is 1.51. The Kier molecular flexibility index (Phi) is 3.84. The van der Waals surface area contributed by atoms with E-state index in [0.29, 0.717) is 15.7 Å². The van der Waals surface area contributed by atoms with Crippen molar-refractivity contribution in [2.45, 2.75) is 13.0 Å². The van der Waals surface area contributed by atoms with Crippen LogP contribution in [0.5, 0.6) is 0 Å². The van der Waals surface area contributed by atoms with Gasteiger partial charge in [0.25, 0.3) is 5.91 Å². The Hall–Kier alpha value is -1.59. The molecule has 1 unspecified atom stereocenters. The topological polar surface area (TPSA) is 68.0 Å². The molecule has 0 aliphatic carbocycles. The average molecular weight is 282 g/mol. The van der Waals surface area contributed by atoms with Crippen molar-refractivity contribution in [1.29, 1.82) is 0 Å². The van der Waals surface area contributed by atoms with Crippen molar-refractivity contribution >= 4 is 34.7 Å². The molecule has 2 heterocycles. The van der Waals surface area contributed by atoms with Crippen LogP contribution in [0.4, 0.5) is 5.82 Å². The number of aromatic nitrogens is 1. The number of rotatable bonds is 3. The molecule has 2 aromatic rings. The molecule has 4 nitrogen and oxygen atoms in total. The van der Waals surface area contributed by atoms with E-state index in [1.54, 1.807) is 12.1 Å². The number of carbonyl (C=O) groups is 1. The normalized spacial score (nSPS) is 12.1. The summed E-state index contributed by atoms with van der Waals surface area (Å²) in [7, 11) is 0. The zero-order valence-corrected chi connectivity index (χ0v) is 11.3. The summed E-state index contributed by atoms with van der Waals surface area (Å²) in [5.74, 6) is 0.149. The minimum absolute atomic E-state index is 0.0932. The summed E-state index contributed by atoms with van der Waals surface area (Å²) in [4.78, 5) is 16.8. The lowest BCUT2D eigenvalue weighted by Gasteiger charge is -2.12. The third-order valence-electron chi connectivity index (χ3n) is 2.41. The predicted octanol–water partition coefficient (Wildman–Crippen LogP) is 2.87. The fraction of sp³-hybridized carbons (Fsp3) is 0.167. The first-order valence-electron chi connectivity index (χ1n) is 5.34. The fourth-order valence-electron chi connectivity index (χ4n) is 1.50. The van der Waals surface area contributed by atoms with E-state index in [1.165, 1.54) is 17.5 Å². The van der Waals surface area contributed by atoms with Crippen LogP contribution in [0.1, 0.15) is 28.2 Å². The molecule has 0 aliphatic rings. The minimum atomic E-state index is -0.180. The van der Waals surface area contributed by atoms with Crippen molar-refractivity contribution in [2.24, 2.45) is 0 Å². The van der Waals surface area contributed by atoms with Gasteiger partial charge in [0.2, 0.25) is 0 Å². The summed E-state index contributed by atoms with van der Waals surface area (Å²) in [6, 6.07) is 6.79. The molecule has 0 aliphatic heterocycles. The lowest BCUT2D eigenvalue weighted by Crippen LogP contribution is -2.26. The highest BCUT2D eigenvalue weighted by Crippen LogP contribution is 2.26. The molecule has 0 saturated heterocycles. The molecule has 0 radical (unpaired) electrons. The van der Waals surface area contributed by atoms with Gasteiger partial charge in [-0.25, -0.2) is 4.98 Å². The van der Waals surface area contributed by atoms with Gasteiger partial charge >= 0.3 is 0 Å². The van der Waals surface area contributed by atoms with Crippen LogP contribution in [-0.2, 0) is 0 Å². The van der Waals surface area contributed by atoms with Crippen molar-refractivity contribution in [3.05, 3.63) is 45.2 Å². The smallest absolute Gasteiger partial charge is 0.251 e. The van der Waals surface area contributed by atoms with Crippen molar-refractivity contribution in [3.8, 4) is 0 Å². The highest BCUT2D eigenvalue weighted by molar-refractivity contribution is 7.16. The second-order valence-electron chi connectivity index (χ2n) is 3.81. The number of amides is 1. The second kappa shape index (κ2) is 5.37. The Morgan fingerprint density at radius 2 is 2.28 bits per heavy atom. The van der Waals surface area contributed by atoms with Crippen LogP contribution < -0.4 is 11.1 Å². The van der Waals surface area contributed by atoms with Crippen LogP contribution in [0.2, 0.25) is 4.34 Å². The summed E-state index contributed by atoms with van der Waals surface area (Å²) >= 11 is 7.31. The Morgan fingerprint density at radius 1 is 1.50 bits per heavy atom. The molecular formula is C12H12ClN3OS. The number of anilines is 1. The molecule has 2 aromatic heterocycles. The molecule has 1 amide bonds. The highest BCUT2D eigenvalue weighted by atomic mass is 35.5. The van der Waals surface area contributed by atoms with Crippen LogP contribution in [-0.4, -0.2) is 10.9 Å². The van der Waals surface area contributed by atoms with E-state index >= 15 is 0 Å². The number of nitrogens with zero attached hydrogens (tertiary/aromatic N) is 1. The zero-order valence-electron chi connectivity index (χ0n) is 9.68. The molecule has 94 valence electrons. The van der Waals surface area contributed by atoms with Gasteiger partial charge in [-0.05, 0) is 31.2 Å². The SMILES string of the molecule is CC(NC(=O)c1ccnc(N)c1)c1ccc(Cl)s1. The Morgan fingerprint density at radius 3 is 2.89 bits per heavy atom. The van der Waals surface area contributed by atoms with E-state index in [0.717, 1.165) is 4.88 Å². The van der Waals surface area contributed by atoms with E-state index in [-0.39, 0.29) is 11.9 Å². The largest absolute Gasteiger partial charge is 0.384 e. The lowest BCUT2D eigenvalue weighted by molar-refractivity contribution is 0.0940. The van der Waals surface area contributed by atoms with Crippen molar-refractivity contribution in [1.82, 2.24) is 10.3 Å². The van der Waals surface area contributed by atoms with Gasteiger partial charge in [0.1, 0.15) is 5.82 Å². The van der Waals surface area contributed by atoms with Crippen molar-refractivity contribution in [2.75, 3.05) is 5.73 Å². The van der Waals surface area contributed by atoms with Gasteiger partial charge in [0.05, 0.1) is 10.4 Å². The summed E-state index contributed by atoms with van der Waals surface area (Å²) in [5.41, 5.74) is 6.03. The number of pyridine rings is 1.